The second-order valence-electron chi connectivity index (χ2n) is 8.58. The number of amides is 2. The Morgan fingerprint density at radius 2 is 1.82 bits per heavy atom. The summed E-state index contributed by atoms with van der Waals surface area (Å²) in [7, 11) is 0. The lowest BCUT2D eigenvalue weighted by atomic mass is 9.50. The van der Waals surface area contributed by atoms with E-state index in [0.29, 0.717) is 18.3 Å². The predicted molar refractivity (Wildman–Crippen MR) is 78.8 cm³/mol. The monoisotopic (exact) mass is 304 g/mol. The molecule has 0 aromatic rings. The van der Waals surface area contributed by atoms with Crippen LogP contribution >= 0.6 is 0 Å². The molecule has 2 saturated heterocycles. The lowest BCUT2D eigenvalue weighted by Gasteiger charge is -2.64. The molecule has 4 aliphatic carbocycles. The van der Waals surface area contributed by atoms with Gasteiger partial charge in [-0.05, 0) is 63.2 Å². The van der Waals surface area contributed by atoms with Crippen LogP contribution in [0.3, 0.4) is 0 Å². The Morgan fingerprint density at radius 3 is 2.50 bits per heavy atom. The Morgan fingerprint density at radius 1 is 1.09 bits per heavy atom. The van der Waals surface area contributed by atoms with Gasteiger partial charge in [-0.2, -0.15) is 0 Å². The molecule has 22 heavy (non-hydrogen) atoms. The van der Waals surface area contributed by atoms with Gasteiger partial charge < -0.3 is 14.9 Å². The highest BCUT2D eigenvalue weighted by Gasteiger charge is 2.61. The van der Waals surface area contributed by atoms with E-state index in [1.807, 2.05) is 4.90 Å². The van der Waals surface area contributed by atoms with Crippen molar-refractivity contribution in [1.29, 1.82) is 0 Å². The lowest BCUT2D eigenvalue weighted by Crippen LogP contribution is -2.71. The summed E-state index contributed by atoms with van der Waals surface area (Å²) in [5, 5.41) is 10.9. The summed E-state index contributed by atoms with van der Waals surface area (Å²) < 4.78 is 0. The molecule has 6 rings (SSSR count). The van der Waals surface area contributed by atoms with E-state index < -0.39 is 5.60 Å². The average molecular weight is 304 g/mol. The minimum atomic E-state index is -0.583. The van der Waals surface area contributed by atoms with Gasteiger partial charge in [0.05, 0.1) is 5.60 Å². The summed E-state index contributed by atoms with van der Waals surface area (Å²) in [6.45, 7) is 0.982. The van der Waals surface area contributed by atoms with Crippen molar-refractivity contribution >= 4 is 11.8 Å². The largest absolute Gasteiger partial charge is 0.390 e. The van der Waals surface area contributed by atoms with Crippen LogP contribution in [0.15, 0.2) is 0 Å². The number of rotatable bonds is 1. The van der Waals surface area contributed by atoms with Gasteiger partial charge in [0.1, 0.15) is 12.6 Å². The van der Waals surface area contributed by atoms with Crippen molar-refractivity contribution < 1.29 is 14.7 Å². The zero-order valence-corrected chi connectivity index (χ0v) is 13.0. The molecule has 1 N–H and O–H groups in total. The van der Waals surface area contributed by atoms with Crippen LogP contribution < -0.4 is 0 Å². The standard InChI is InChI=1S/C17H24N2O3/c20-14-9-19(15(21)13-2-1-3-18(13)14)16-5-11-4-12(6-16)8-17(22,7-11)10-16/h11-13,22H,1-10H2. The van der Waals surface area contributed by atoms with Crippen molar-refractivity contribution in [2.24, 2.45) is 11.8 Å². The summed E-state index contributed by atoms with van der Waals surface area (Å²) in [5.74, 6) is 1.35. The van der Waals surface area contributed by atoms with Gasteiger partial charge in [-0.15, -0.1) is 0 Å². The molecular formula is C17H24N2O3. The van der Waals surface area contributed by atoms with Gasteiger partial charge in [0.2, 0.25) is 11.8 Å². The Bertz CT molecular complexity index is 546. The second kappa shape index (κ2) is 4.05. The summed E-state index contributed by atoms with van der Waals surface area (Å²) in [6, 6.07) is -0.219. The Labute approximate surface area is 130 Å². The van der Waals surface area contributed by atoms with Gasteiger partial charge in [0, 0.05) is 12.1 Å². The highest BCUT2D eigenvalue weighted by molar-refractivity contribution is 5.96. The Hall–Kier alpha value is -1.10. The number of fused-ring (bicyclic) bond motifs is 1. The van der Waals surface area contributed by atoms with Crippen LogP contribution in [0.2, 0.25) is 0 Å². The van der Waals surface area contributed by atoms with Gasteiger partial charge in [-0.25, -0.2) is 0 Å². The molecule has 6 fully saturated rings. The molecule has 0 radical (unpaired) electrons. The van der Waals surface area contributed by atoms with Crippen molar-refractivity contribution in [3.8, 4) is 0 Å². The van der Waals surface area contributed by atoms with Crippen LogP contribution in [0, 0.1) is 11.8 Å². The van der Waals surface area contributed by atoms with Crippen LogP contribution in [-0.2, 0) is 9.59 Å². The number of hydrogen-bond donors (Lipinski definition) is 1. The van der Waals surface area contributed by atoms with E-state index in [2.05, 4.69) is 0 Å². The number of carbonyl (C=O) groups excluding carboxylic acids is 2. The van der Waals surface area contributed by atoms with E-state index >= 15 is 0 Å². The van der Waals surface area contributed by atoms with Gasteiger partial charge >= 0.3 is 0 Å². The van der Waals surface area contributed by atoms with E-state index in [1.165, 1.54) is 6.42 Å². The molecule has 5 nitrogen and oxygen atoms in total. The summed E-state index contributed by atoms with van der Waals surface area (Å²) >= 11 is 0. The number of nitrogens with zero attached hydrogens (tertiary/aromatic N) is 2. The molecule has 4 bridgehead atoms. The van der Waals surface area contributed by atoms with Crippen LogP contribution in [-0.4, -0.2) is 57.0 Å². The third-order valence-electron chi connectivity index (χ3n) is 6.99. The number of carbonyl (C=O) groups is 2. The highest BCUT2D eigenvalue weighted by Crippen LogP contribution is 2.59. The first-order valence-corrected chi connectivity index (χ1v) is 8.81. The van der Waals surface area contributed by atoms with Gasteiger partial charge in [-0.1, -0.05) is 0 Å². The van der Waals surface area contributed by atoms with E-state index in [9.17, 15) is 14.7 Å². The Balaban J connectivity index is 1.51. The summed E-state index contributed by atoms with van der Waals surface area (Å²) in [5.41, 5.74) is -0.819. The molecule has 4 saturated carbocycles. The second-order valence-corrected chi connectivity index (χ2v) is 8.58. The SMILES string of the molecule is O=C1CN(C23CC4CC(CC(O)(C4)C2)C3)C(=O)C2CCCN12. The fourth-order valence-electron chi connectivity index (χ4n) is 6.69. The smallest absolute Gasteiger partial charge is 0.246 e. The fraction of sp³-hybridized carbons (Fsp3) is 0.882. The van der Waals surface area contributed by atoms with E-state index in [-0.39, 0.29) is 29.9 Å². The quantitative estimate of drug-likeness (QED) is 0.783. The lowest BCUT2D eigenvalue weighted by molar-refractivity contribution is -0.193. The minimum absolute atomic E-state index is 0.116. The molecule has 0 aromatic heterocycles. The maximum Gasteiger partial charge on any atom is 0.246 e. The molecule has 0 aromatic carbocycles. The van der Waals surface area contributed by atoms with Crippen molar-refractivity contribution in [1.82, 2.24) is 9.80 Å². The van der Waals surface area contributed by atoms with Crippen molar-refractivity contribution in [2.75, 3.05) is 13.1 Å². The first-order valence-electron chi connectivity index (χ1n) is 8.81. The highest BCUT2D eigenvalue weighted by atomic mass is 16.3. The van der Waals surface area contributed by atoms with Crippen LogP contribution in [0.5, 0.6) is 0 Å². The molecular weight excluding hydrogens is 280 g/mol. The van der Waals surface area contributed by atoms with Gasteiger partial charge in [-0.3, -0.25) is 9.59 Å². The Kier molecular flexibility index (Phi) is 2.46. The molecule has 6 aliphatic rings. The van der Waals surface area contributed by atoms with Crippen molar-refractivity contribution in [2.45, 2.75) is 68.5 Å². The normalized spacial score (nSPS) is 50.0. The zero-order valence-electron chi connectivity index (χ0n) is 13.0. The molecule has 0 spiro atoms. The third-order valence-corrected chi connectivity index (χ3v) is 6.99. The molecule has 5 heteroatoms. The number of piperazine rings is 1. The predicted octanol–water partition coefficient (Wildman–Crippen LogP) is 0.903. The molecule has 3 atom stereocenters. The molecule has 2 aliphatic heterocycles. The maximum atomic E-state index is 13.0. The topological polar surface area (TPSA) is 60.9 Å². The first kappa shape index (κ1) is 13.3. The summed E-state index contributed by atoms with van der Waals surface area (Å²) in [6.07, 6.45) is 7.45. The van der Waals surface area contributed by atoms with Gasteiger partial charge in [0.15, 0.2) is 0 Å². The summed E-state index contributed by atoms with van der Waals surface area (Å²) in [4.78, 5) is 29.2. The number of aliphatic hydroxyl groups is 1. The van der Waals surface area contributed by atoms with E-state index in [1.54, 1.807) is 4.90 Å². The van der Waals surface area contributed by atoms with Gasteiger partial charge in [0.25, 0.3) is 0 Å². The number of hydrogen-bond acceptors (Lipinski definition) is 3. The maximum absolute atomic E-state index is 13.0. The fourth-order valence-corrected chi connectivity index (χ4v) is 6.69. The average Bonchev–Trinajstić information content (AvgIpc) is 2.90. The van der Waals surface area contributed by atoms with Crippen molar-refractivity contribution in [3.05, 3.63) is 0 Å². The van der Waals surface area contributed by atoms with E-state index in [4.69, 9.17) is 0 Å². The zero-order chi connectivity index (χ0) is 15.1. The molecule has 120 valence electrons. The van der Waals surface area contributed by atoms with Crippen LogP contribution in [0.4, 0.5) is 0 Å². The first-order chi connectivity index (χ1) is 10.5. The third kappa shape index (κ3) is 1.63. The molecule has 2 amide bonds. The van der Waals surface area contributed by atoms with Crippen LogP contribution in [0.1, 0.15) is 51.4 Å². The molecule has 2 heterocycles. The van der Waals surface area contributed by atoms with Crippen LogP contribution in [0.25, 0.3) is 0 Å². The molecule has 3 unspecified atom stereocenters. The van der Waals surface area contributed by atoms with E-state index in [0.717, 1.165) is 45.1 Å². The minimum Gasteiger partial charge on any atom is -0.390 e. The van der Waals surface area contributed by atoms with Crippen molar-refractivity contribution in [3.63, 3.8) is 0 Å².